The molecule has 1 fully saturated rings. The number of ether oxygens (including phenoxy) is 2. The molecule has 132 valence electrons. The van der Waals surface area contributed by atoms with Gasteiger partial charge in [-0.1, -0.05) is 30.3 Å². The smallest absolute Gasteiger partial charge is 0.319 e. The summed E-state index contributed by atoms with van der Waals surface area (Å²) in [5.41, 5.74) is 0.594. The van der Waals surface area contributed by atoms with E-state index in [0.717, 1.165) is 12.8 Å². The highest BCUT2D eigenvalue weighted by atomic mass is 16.5. The summed E-state index contributed by atoms with van der Waals surface area (Å²) in [5.74, 6) is 0.106. The van der Waals surface area contributed by atoms with Crippen molar-refractivity contribution >= 4 is 5.91 Å². The van der Waals surface area contributed by atoms with Crippen LogP contribution in [0.2, 0.25) is 0 Å². The molecule has 1 saturated heterocycles. The van der Waals surface area contributed by atoms with Gasteiger partial charge in [0, 0.05) is 18.8 Å². The van der Waals surface area contributed by atoms with Gasteiger partial charge in [0.15, 0.2) is 6.10 Å². The largest absolute Gasteiger partial charge is 0.472 e. The van der Waals surface area contributed by atoms with Gasteiger partial charge in [0.05, 0.1) is 13.7 Å². The molecule has 1 aromatic carbocycles. The van der Waals surface area contributed by atoms with Crippen molar-refractivity contribution in [2.75, 3.05) is 20.2 Å². The summed E-state index contributed by atoms with van der Waals surface area (Å²) >= 11 is 0. The van der Waals surface area contributed by atoms with Crippen LogP contribution in [0.3, 0.4) is 0 Å². The van der Waals surface area contributed by atoms with Crippen LogP contribution in [0.15, 0.2) is 42.6 Å². The maximum absolute atomic E-state index is 12.6. The van der Waals surface area contributed by atoms with Crippen molar-refractivity contribution in [1.29, 1.82) is 0 Å². The summed E-state index contributed by atoms with van der Waals surface area (Å²) in [6, 6.07) is 10.8. The van der Waals surface area contributed by atoms with Crippen LogP contribution in [-0.2, 0) is 4.79 Å². The van der Waals surface area contributed by atoms with Gasteiger partial charge >= 0.3 is 6.01 Å². The van der Waals surface area contributed by atoms with Gasteiger partial charge in [-0.05, 0) is 18.4 Å². The van der Waals surface area contributed by atoms with E-state index in [0.29, 0.717) is 24.5 Å². The summed E-state index contributed by atoms with van der Waals surface area (Å²) in [6.07, 6.45) is 1.85. The Morgan fingerprint density at radius 2 is 2.12 bits per heavy atom. The molecule has 0 saturated carbocycles. The summed E-state index contributed by atoms with van der Waals surface area (Å²) in [4.78, 5) is 22.3. The number of aliphatic hydroxyl groups is 1. The van der Waals surface area contributed by atoms with E-state index in [4.69, 9.17) is 9.47 Å². The van der Waals surface area contributed by atoms with Crippen LogP contribution in [0.25, 0.3) is 0 Å². The number of aliphatic hydroxyl groups excluding tert-OH is 1. The molecule has 2 atom stereocenters. The third-order valence-electron chi connectivity index (χ3n) is 4.12. The third-order valence-corrected chi connectivity index (χ3v) is 4.12. The quantitative estimate of drug-likeness (QED) is 0.887. The fourth-order valence-electron chi connectivity index (χ4n) is 2.85. The van der Waals surface area contributed by atoms with Gasteiger partial charge in [-0.25, -0.2) is 4.98 Å². The van der Waals surface area contributed by atoms with E-state index in [1.54, 1.807) is 41.4 Å². The Balaban J connectivity index is 1.63. The number of aromatic nitrogens is 2. The number of piperidine rings is 1. The molecule has 0 bridgehead atoms. The Bertz CT molecular complexity index is 710. The van der Waals surface area contributed by atoms with Crippen LogP contribution in [0, 0.1) is 0 Å². The first-order chi connectivity index (χ1) is 12.2. The number of benzene rings is 1. The monoisotopic (exact) mass is 343 g/mol. The number of carbonyl (C=O) groups excluding carboxylic acids is 1. The van der Waals surface area contributed by atoms with Crippen LogP contribution in [0.4, 0.5) is 0 Å². The minimum Gasteiger partial charge on any atom is -0.472 e. The number of likely N-dealkylation sites (tertiary alicyclic amines) is 1. The second kappa shape index (κ2) is 7.94. The summed E-state index contributed by atoms with van der Waals surface area (Å²) < 4.78 is 10.8. The molecule has 1 aliphatic rings. The normalized spacial score (nSPS) is 18.5. The van der Waals surface area contributed by atoms with Crippen molar-refractivity contribution in [3.05, 3.63) is 48.2 Å². The molecule has 1 aliphatic heterocycles. The molecule has 2 heterocycles. The summed E-state index contributed by atoms with van der Waals surface area (Å²) in [5, 5.41) is 10.3. The van der Waals surface area contributed by atoms with Gasteiger partial charge in [0.1, 0.15) is 6.10 Å². The highest BCUT2D eigenvalue weighted by Gasteiger charge is 2.29. The Kier molecular flexibility index (Phi) is 5.45. The Hall–Kier alpha value is -2.67. The zero-order valence-corrected chi connectivity index (χ0v) is 14.0. The second-order valence-electron chi connectivity index (χ2n) is 5.86. The maximum Gasteiger partial charge on any atom is 0.319 e. The fourth-order valence-corrected chi connectivity index (χ4v) is 2.85. The highest BCUT2D eigenvalue weighted by molar-refractivity contribution is 5.82. The Morgan fingerprint density at radius 1 is 1.32 bits per heavy atom. The van der Waals surface area contributed by atoms with Crippen LogP contribution in [0.1, 0.15) is 24.5 Å². The lowest BCUT2D eigenvalue weighted by Gasteiger charge is -2.33. The fraction of sp³-hybridized carbons (Fsp3) is 0.389. The van der Waals surface area contributed by atoms with Crippen LogP contribution < -0.4 is 9.47 Å². The van der Waals surface area contributed by atoms with Gasteiger partial charge in [-0.2, -0.15) is 4.98 Å². The van der Waals surface area contributed by atoms with E-state index in [2.05, 4.69) is 9.97 Å². The first-order valence-corrected chi connectivity index (χ1v) is 8.23. The summed E-state index contributed by atoms with van der Waals surface area (Å²) in [6.45, 7) is 1.02. The molecule has 2 unspecified atom stereocenters. The van der Waals surface area contributed by atoms with Gasteiger partial charge in [0.25, 0.3) is 5.91 Å². The molecule has 0 radical (unpaired) electrons. The first kappa shape index (κ1) is 17.2. The Morgan fingerprint density at radius 3 is 2.88 bits per heavy atom. The Labute approximate surface area is 146 Å². The number of hydrogen-bond donors (Lipinski definition) is 1. The van der Waals surface area contributed by atoms with E-state index in [1.165, 1.54) is 7.11 Å². The molecule has 1 N–H and O–H groups in total. The van der Waals surface area contributed by atoms with Gasteiger partial charge in [-0.3, -0.25) is 4.79 Å². The number of carbonyl (C=O) groups is 1. The molecule has 7 heteroatoms. The highest BCUT2D eigenvalue weighted by Crippen LogP contribution is 2.21. The van der Waals surface area contributed by atoms with Gasteiger partial charge in [-0.15, -0.1) is 0 Å². The number of rotatable bonds is 5. The molecule has 7 nitrogen and oxygen atoms in total. The lowest BCUT2D eigenvalue weighted by molar-refractivity contribution is -0.143. The SMILES string of the molecule is COc1nccc(OC2CCCN(C(=O)C(O)c3ccccc3)C2)n1. The molecular formula is C18H21N3O4. The standard InChI is InChI=1S/C18H21N3O4/c1-24-18-19-10-9-15(20-18)25-14-8-5-11-21(12-14)17(23)16(22)13-6-3-2-4-7-13/h2-4,6-7,9-10,14,16,22H,5,8,11-12H2,1H3. The summed E-state index contributed by atoms with van der Waals surface area (Å²) in [7, 11) is 1.49. The van der Waals surface area contributed by atoms with E-state index in [-0.39, 0.29) is 18.0 Å². The number of nitrogens with zero attached hydrogens (tertiary/aromatic N) is 3. The molecule has 2 aromatic rings. The molecular weight excluding hydrogens is 322 g/mol. The first-order valence-electron chi connectivity index (χ1n) is 8.23. The topological polar surface area (TPSA) is 84.8 Å². The third kappa shape index (κ3) is 4.24. The average Bonchev–Trinajstić information content (AvgIpc) is 2.68. The maximum atomic E-state index is 12.6. The van der Waals surface area contributed by atoms with Crippen molar-refractivity contribution in [3.8, 4) is 11.9 Å². The second-order valence-corrected chi connectivity index (χ2v) is 5.86. The van der Waals surface area contributed by atoms with E-state index >= 15 is 0 Å². The van der Waals surface area contributed by atoms with E-state index in [9.17, 15) is 9.90 Å². The molecule has 25 heavy (non-hydrogen) atoms. The van der Waals surface area contributed by atoms with Crippen molar-refractivity contribution in [1.82, 2.24) is 14.9 Å². The molecule has 0 aliphatic carbocycles. The van der Waals surface area contributed by atoms with Crippen molar-refractivity contribution in [2.24, 2.45) is 0 Å². The molecule has 1 aromatic heterocycles. The predicted octanol–water partition coefficient (Wildman–Crippen LogP) is 1.59. The lowest BCUT2D eigenvalue weighted by atomic mass is 10.0. The number of amides is 1. The zero-order valence-electron chi connectivity index (χ0n) is 14.0. The van der Waals surface area contributed by atoms with Crippen molar-refractivity contribution in [2.45, 2.75) is 25.0 Å². The number of hydrogen-bond acceptors (Lipinski definition) is 6. The zero-order chi connectivity index (χ0) is 17.6. The average molecular weight is 343 g/mol. The van der Waals surface area contributed by atoms with E-state index < -0.39 is 6.10 Å². The molecule has 3 rings (SSSR count). The van der Waals surface area contributed by atoms with Crippen molar-refractivity contribution < 1.29 is 19.4 Å². The van der Waals surface area contributed by atoms with Crippen LogP contribution >= 0.6 is 0 Å². The van der Waals surface area contributed by atoms with Gasteiger partial charge in [0.2, 0.25) is 5.88 Å². The van der Waals surface area contributed by atoms with Crippen LogP contribution in [-0.4, -0.2) is 52.2 Å². The molecule has 1 amide bonds. The number of methoxy groups -OCH3 is 1. The minimum atomic E-state index is -1.15. The van der Waals surface area contributed by atoms with Gasteiger partial charge < -0.3 is 19.5 Å². The van der Waals surface area contributed by atoms with E-state index in [1.807, 2.05) is 6.07 Å². The van der Waals surface area contributed by atoms with Crippen LogP contribution in [0.5, 0.6) is 11.9 Å². The lowest BCUT2D eigenvalue weighted by Crippen LogP contribution is -2.46. The predicted molar refractivity (Wildman–Crippen MR) is 90.2 cm³/mol. The van der Waals surface area contributed by atoms with Crippen molar-refractivity contribution in [3.63, 3.8) is 0 Å². The molecule has 0 spiro atoms. The minimum absolute atomic E-state index is 0.180.